The molecule has 1 saturated heterocycles. The summed E-state index contributed by atoms with van der Waals surface area (Å²) in [5.41, 5.74) is 1.20. The van der Waals surface area contributed by atoms with Gasteiger partial charge < -0.3 is 9.80 Å². The third-order valence-electron chi connectivity index (χ3n) is 4.10. The van der Waals surface area contributed by atoms with Crippen molar-refractivity contribution in [2.75, 3.05) is 31.1 Å². The fraction of sp³-hybridized carbons (Fsp3) is 0.438. The van der Waals surface area contributed by atoms with Gasteiger partial charge in [-0.05, 0) is 26.0 Å². The van der Waals surface area contributed by atoms with Crippen LogP contribution >= 0.6 is 11.6 Å². The Morgan fingerprint density at radius 3 is 2.61 bits per heavy atom. The molecule has 6 nitrogen and oxygen atoms in total. The van der Waals surface area contributed by atoms with Crippen LogP contribution in [0.4, 0.5) is 5.82 Å². The number of carbonyl (C=O) groups excluding carboxylic acids is 1. The average molecular weight is 334 g/mol. The smallest absolute Gasteiger partial charge is 0.273 e. The number of nitrogens with zero attached hydrogens (tertiary/aromatic N) is 5. The van der Waals surface area contributed by atoms with Crippen molar-refractivity contribution < 1.29 is 4.79 Å². The van der Waals surface area contributed by atoms with Gasteiger partial charge in [0, 0.05) is 38.9 Å². The van der Waals surface area contributed by atoms with Crippen LogP contribution in [0.3, 0.4) is 0 Å². The minimum absolute atomic E-state index is 0.0434. The van der Waals surface area contributed by atoms with Gasteiger partial charge in [-0.2, -0.15) is 5.10 Å². The molecule has 1 aliphatic heterocycles. The van der Waals surface area contributed by atoms with Crippen LogP contribution < -0.4 is 4.90 Å². The maximum absolute atomic E-state index is 12.8. The molecule has 23 heavy (non-hydrogen) atoms. The lowest BCUT2D eigenvalue weighted by molar-refractivity contribution is 0.0734. The molecular formula is C16H20ClN5O. The summed E-state index contributed by atoms with van der Waals surface area (Å²) < 4.78 is 1.69. The van der Waals surface area contributed by atoms with Crippen LogP contribution in [0, 0.1) is 6.92 Å². The summed E-state index contributed by atoms with van der Waals surface area (Å²) in [6, 6.07) is 5.87. The molecule has 0 N–H and O–H groups in total. The third kappa shape index (κ3) is 3.03. The molecule has 0 bridgehead atoms. The van der Waals surface area contributed by atoms with E-state index < -0.39 is 0 Å². The first-order valence-corrected chi connectivity index (χ1v) is 8.17. The van der Waals surface area contributed by atoms with E-state index in [1.54, 1.807) is 10.9 Å². The molecule has 0 saturated carbocycles. The van der Waals surface area contributed by atoms with Crippen molar-refractivity contribution in [1.29, 1.82) is 0 Å². The second-order valence-corrected chi connectivity index (χ2v) is 5.91. The maximum atomic E-state index is 12.8. The van der Waals surface area contributed by atoms with Gasteiger partial charge in [-0.3, -0.25) is 9.48 Å². The molecule has 122 valence electrons. The Balaban J connectivity index is 1.72. The molecule has 1 amide bonds. The number of aryl methyl sites for hydroxylation is 2. The van der Waals surface area contributed by atoms with Gasteiger partial charge in [-0.15, -0.1) is 0 Å². The van der Waals surface area contributed by atoms with Gasteiger partial charge in [0.25, 0.3) is 5.91 Å². The normalized spacial score (nSPS) is 15.1. The van der Waals surface area contributed by atoms with Crippen molar-refractivity contribution in [2.45, 2.75) is 20.4 Å². The Morgan fingerprint density at radius 1 is 1.26 bits per heavy atom. The molecule has 2 aromatic rings. The molecule has 0 spiro atoms. The minimum Gasteiger partial charge on any atom is -0.353 e. The van der Waals surface area contributed by atoms with E-state index in [9.17, 15) is 4.79 Å². The molecule has 3 heterocycles. The molecule has 0 unspecified atom stereocenters. The van der Waals surface area contributed by atoms with Crippen LogP contribution in [0.15, 0.2) is 24.4 Å². The van der Waals surface area contributed by atoms with Crippen LogP contribution in [0.1, 0.15) is 23.1 Å². The zero-order valence-corrected chi connectivity index (χ0v) is 14.1. The highest BCUT2D eigenvalue weighted by atomic mass is 35.5. The summed E-state index contributed by atoms with van der Waals surface area (Å²) in [4.78, 5) is 21.2. The molecule has 0 aromatic carbocycles. The summed E-state index contributed by atoms with van der Waals surface area (Å²) in [6.45, 7) is 7.24. The van der Waals surface area contributed by atoms with Crippen LogP contribution in [-0.2, 0) is 6.54 Å². The number of pyridine rings is 1. The Bertz CT molecular complexity index is 692. The highest BCUT2D eigenvalue weighted by Gasteiger charge is 2.28. The number of piperazine rings is 1. The fourth-order valence-electron chi connectivity index (χ4n) is 2.82. The van der Waals surface area contributed by atoms with Gasteiger partial charge in [0.15, 0.2) is 0 Å². The average Bonchev–Trinajstić information content (AvgIpc) is 2.89. The van der Waals surface area contributed by atoms with E-state index in [-0.39, 0.29) is 5.91 Å². The van der Waals surface area contributed by atoms with Crippen molar-refractivity contribution >= 4 is 23.3 Å². The standard InChI is InChI=1S/C16H20ClN5O/c1-3-22-15(14(17)12(2)19-22)16(23)21-10-8-20(9-11-21)13-6-4-5-7-18-13/h4-7H,3,8-11H2,1-2H3. The second-order valence-electron chi connectivity index (χ2n) is 5.53. The van der Waals surface area contributed by atoms with Crippen molar-refractivity contribution in [2.24, 2.45) is 0 Å². The summed E-state index contributed by atoms with van der Waals surface area (Å²) in [5, 5.41) is 4.79. The van der Waals surface area contributed by atoms with E-state index in [1.807, 2.05) is 36.9 Å². The van der Waals surface area contributed by atoms with Gasteiger partial charge in [0.05, 0.1) is 10.7 Å². The molecule has 0 radical (unpaired) electrons. The lowest BCUT2D eigenvalue weighted by Gasteiger charge is -2.35. The first-order chi connectivity index (χ1) is 11.1. The number of amides is 1. The van der Waals surface area contributed by atoms with Gasteiger partial charge in [0.2, 0.25) is 0 Å². The number of hydrogen-bond donors (Lipinski definition) is 0. The third-order valence-corrected chi connectivity index (χ3v) is 4.55. The van der Waals surface area contributed by atoms with Gasteiger partial charge in [0.1, 0.15) is 11.5 Å². The SMILES string of the molecule is CCn1nc(C)c(Cl)c1C(=O)N1CCN(c2ccccn2)CC1. The summed E-state index contributed by atoms with van der Waals surface area (Å²) >= 11 is 6.28. The minimum atomic E-state index is -0.0434. The summed E-state index contributed by atoms with van der Waals surface area (Å²) in [7, 11) is 0. The number of carbonyl (C=O) groups is 1. The van der Waals surface area contributed by atoms with E-state index >= 15 is 0 Å². The van der Waals surface area contributed by atoms with Crippen LogP contribution in [0.2, 0.25) is 5.02 Å². The topological polar surface area (TPSA) is 54.3 Å². The van der Waals surface area contributed by atoms with E-state index in [1.165, 1.54) is 0 Å². The predicted octanol–water partition coefficient (Wildman–Crippen LogP) is 2.22. The van der Waals surface area contributed by atoms with Gasteiger partial charge in [-0.1, -0.05) is 17.7 Å². The number of anilines is 1. The zero-order chi connectivity index (χ0) is 16.4. The molecular weight excluding hydrogens is 314 g/mol. The van der Waals surface area contributed by atoms with Crippen LogP contribution in [0.5, 0.6) is 0 Å². The zero-order valence-electron chi connectivity index (χ0n) is 13.4. The Morgan fingerprint density at radius 2 is 2.00 bits per heavy atom. The Labute approximate surface area is 140 Å². The fourth-order valence-corrected chi connectivity index (χ4v) is 3.04. The predicted molar refractivity (Wildman–Crippen MR) is 90.0 cm³/mol. The van der Waals surface area contributed by atoms with Crippen LogP contribution in [0.25, 0.3) is 0 Å². The van der Waals surface area contributed by atoms with Gasteiger partial charge in [-0.25, -0.2) is 4.98 Å². The van der Waals surface area contributed by atoms with Crippen molar-refractivity contribution in [3.63, 3.8) is 0 Å². The van der Waals surface area contributed by atoms with E-state index in [4.69, 9.17) is 11.6 Å². The first-order valence-electron chi connectivity index (χ1n) is 7.80. The molecule has 3 rings (SSSR count). The number of rotatable bonds is 3. The molecule has 7 heteroatoms. The van der Waals surface area contributed by atoms with Crippen molar-refractivity contribution in [3.8, 4) is 0 Å². The Kier molecular flexibility index (Phi) is 4.52. The quantitative estimate of drug-likeness (QED) is 0.864. The number of aromatic nitrogens is 3. The van der Waals surface area contributed by atoms with E-state index in [0.29, 0.717) is 36.0 Å². The summed E-state index contributed by atoms with van der Waals surface area (Å²) in [5.74, 6) is 0.908. The lowest BCUT2D eigenvalue weighted by atomic mass is 10.2. The Hall–Kier alpha value is -2.08. The summed E-state index contributed by atoms with van der Waals surface area (Å²) in [6.07, 6.45) is 1.79. The van der Waals surface area contributed by atoms with Crippen LogP contribution in [-0.4, -0.2) is 51.8 Å². The first kappa shape index (κ1) is 15.8. The highest BCUT2D eigenvalue weighted by molar-refractivity contribution is 6.34. The maximum Gasteiger partial charge on any atom is 0.273 e. The highest BCUT2D eigenvalue weighted by Crippen LogP contribution is 2.23. The lowest BCUT2D eigenvalue weighted by Crippen LogP contribution is -2.49. The molecule has 0 atom stereocenters. The molecule has 1 fully saturated rings. The van der Waals surface area contributed by atoms with Crippen molar-refractivity contribution in [3.05, 3.63) is 40.8 Å². The van der Waals surface area contributed by atoms with Crippen molar-refractivity contribution in [1.82, 2.24) is 19.7 Å². The number of halogens is 1. The van der Waals surface area contributed by atoms with E-state index in [0.717, 1.165) is 18.9 Å². The van der Waals surface area contributed by atoms with E-state index in [2.05, 4.69) is 15.0 Å². The van der Waals surface area contributed by atoms with Gasteiger partial charge >= 0.3 is 0 Å². The monoisotopic (exact) mass is 333 g/mol. The molecule has 0 aliphatic carbocycles. The second kappa shape index (κ2) is 6.58. The molecule has 1 aliphatic rings. The molecule has 2 aromatic heterocycles. The number of hydrogen-bond acceptors (Lipinski definition) is 4. The largest absolute Gasteiger partial charge is 0.353 e.